The van der Waals surface area contributed by atoms with E-state index in [1.165, 1.54) is 6.42 Å². The van der Waals surface area contributed by atoms with Crippen LogP contribution in [-0.2, 0) is 0 Å². The van der Waals surface area contributed by atoms with Gasteiger partial charge in [0.05, 0.1) is 16.8 Å². The van der Waals surface area contributed by atoms with E-state index in [0.717, 1.165) is 46.4 Å². The molecule has 1 saturated heterocycles. The largest absolute Gasteiger partial charge is 0.338 e. The first-order valence-corrected chi connectivity index (χ1v) is 9.62. The number of benzene rings is 1. The number of carbonyl (C=O) groups is 1. The van der Waals surface area contributed by atoms with Crippen LogP contribution in [0.1, 0.15) is 36.2 Å². The Balaban J connectivity index is 1.84. The summed E-state index contributed by atoms with van der Waals surface area (Å²) in [5.74, 6) is 1.17. The molecule has 1 amide bonds. The maximum absolute atomic E-state index is 13.5. The van der Waals surface area contributed by atoms with Gasteiger partial charge in [0.1, 0.15) is 0 Å². The molecule has 0 radical (unpaired) electrons. The predicted octanol–water partition coefficient (Wildman–Crippen LogP) is 4.72. The number of hydrogen-bond donors (Lipinski definition) is 0. The number of hydrogen-bond acceptors (Lipinski definition) is 3. The predicted molar refractivity (Wildman–Crippen MR) is 109 cm³/mol. The molecule has 1 fully saturated rings. The van der Waals surface area contributed by atoms with Gasteiger partial charge in [-0.05, 0) is 55.5 Å². The molecule has 27 heavy (non-hydrogen) atoms. The van der Waals surface area contributed by atoms with Crippen LogP contribution in [-0.4, -0.2) is 33.9 Å². The Hall–Kier alpha value is -2.75. The van der Waals surface area contributed by atoms with Crippen LogP contribution >= 0.6 is 0 Å². The molecule has 2 atom stereocenters. The summed E-state index contributed by atoms with van der Waals surface area (Å²) in [4.78, 5) is 24.5. The van der Waals surface area contributed by atoms with Crippen LogP contribution in [0.4, 0.5) is 0 Å². The van der Waals surface area contributed by atoms with E-state index in [-0.39, 0.29) is 5.91 Å². The second-order valence-electron chi connectivity index (χ2n) is 7.97. The summed E-state index contributed by atoms with van der Waals surface area (Å²) >= 11 is 0. The summed E-state index contributed by atoms with van der Waals surface area (Å²) < 4.78 is 0. The van der Waals surface area contributed by atoms with Crippen molar-refractivity contribution < 1.29 is 4.79 Å². The second kappa shape index (κ2) is 7.10. The second-order valence-corrected chi connectivity index (χ2v) is 7.97. The van der Waals surface area contributed by atoms with Crippen molar-refractivity contribution in [3.63, 3.8) is 0 Å². The van der Waals surface area contributed by atoms with E-state index in [1.54, 1.807) is 12.4 Å². The van der Waals surface area contributed by atoms with E-state index >= 15 is 0 Å². The number of nitrogens with zero attached hydrogens (tertiary/aromatic N) is 3. The zero-order chi connectivity index (χ0) is 19.0. The van der Waals surface area contributed by atoms with Crippen molar-refractivity contribution in [2.45, 2.75) is 27.2 Å². The monoisotopic (exact) mass is 359 g/mol. The Bertz CT molecular complexity index is 974. The standard InChI is InChI=1S/C23H25N3O/c1-15-6-7-21-19(10-15)20(11-22(25-21)18-5-4-8-24-12-18)23(27)26-13-16(2)9-17(3)14-26/h4-8,10-12,16-17H,9,13-14H2,1-3H3/t16-,17-/m1/s1. The van der Waals surface area contributed by atoms with Gasteiger partial charge in [0.2, 0.25) is 0 Å². The first-order chi connectivity index (χ1) is 13.0. The molecule has 0 N–H and O–H groups in total. The minimum absolute atomic E-state index is 0.108. The molecule has 0 spiro atoms. The fourth-order valence-electron chi connectivity index (χ4n) is 4.18. The molecule has 1 aliphatic heterocycles. The van der Waals surface area contributed by atoms with Crippen LogP contribution in [0.2, 0.25) is 0 Å². The Morgan fingerprint density at radius 2 is 1.89 bits per heavy atom. The van der Waals surface area contributed by atoms with Gasteiger partial charge in [0.15, 0.2) is 0 Å². The summed E-state index contributed by atoms with van der Waals surface area (Å²) in [5, 5.41) is 0.929. The fourth-order valence-corrected chi connectivity index (χ4v) is 4.18. The van der Waals surface area contributed by atoms with Crippen LogP contribution in [0.25, 0.3) is 22.2 Å². The molecule has 2 aromatic heterocycles. The lowest BCUT2D eigenvalue weighted by atomic mass is 9.91. The van der Waals surface area contributed by atoms with E-state index in [4.69, 9.17) is 4.98 Å². The Kier molecular flexibility index (Phi) is 4.65. The molecule has 3 heterocycles. The molecule has 0 aliphatic carbocycles. The lowest BCUT2D eigenvalue weighted by Gasteiger charge is -2.35. The van der Waals surface area contributed by atoms with E-state index in [0.29, 0.717) is 11.8 Å². The van der Waals surface area contributed by atoms with Crippen LogP contribution in [0, 0.1) is 18.8 Å². The third-order valence-corrected chi connectivity index (χ3v) is 5.31. The highest BCUT2D eigenvalue weighted by molar-refractivity contribution is 6.07. The van der Waals surface area contributed by atoms with Gasteiger partial charge in [0, 0.05) is 36.4 Å². The summed E-state index contributed by atoms with van der Waals surface area (Å²) in [6.07, 6.45) is 4.72. The summed E-state index contributed by atoms with van der Waals surface area (Å²) in [6.45, 7) is 8.15. The van der Waals surface area contributed by atoms with Gasteiger partial charge in [0.25, 0.3) is 5.91 Å². The molecular formula is C23H25N3O. The molecule has 4 nitrogen and oxygen atoms in total. The molecule has 138 valence electrons. The number of likely N-dealkylation sites (tertiary alicyclic amines) is 1. The average Bonchev–Trinajstić information content (AvgIpc) is 2.66. The molecule has 1 aromatic carbocycles. The van der Waals surface area contributed by atoms with Crippen LogP contribution in [0.3, 0.4) is 0 Å². The number of piperidine rings is 1. The number of aryl methyl sites for hydroxylation is 1. The number of aromatic nitrogens is 2. The summed E-state index contributed by atoms with van der Waals surface area (Å²) in [7, 11) is 0. The first-order valence-electron chi connectivity index (χ1n) is 9.62. The van der Waals surface area contributed by atoms with Gasteiger partial charge >= 0.3 is 0 Å². The van der Waals surface area contributed by atoms with Crippen LogP contribution in [0.5, 0.6) is 0 Å². The van der Waals surface area contributed by atoms with Crippen molar-refractivity contribution >= 4 is 16.8 Å². The highest BCUT2D eigenvalue weighted by atomic mass is 16.2. The van der Waals surface area contributed by atoms with Gasteiger partial charge < -0.3 is 4.90 Å². The summed E-state index contributed by atoms with van der Waals surface area (Å²) in [5.41, 5.74) is 4.44. The van der Waals surface area contributed by atoms with Crippen molar-refractivity contribution in [1.29, 1.82) is 0 Å². The van der Waals surface area contributed by atoms with Crippen LogP contribution < -0.4 is 0 Å². The summed E-state index contributed by atoms with van der Waals surface area (Å²) in [6, 6.07) is 11.9. The maximum atomic E-state index is 13.5. The molecule has 0 saturated carbocycles. The van der Waals surface area contributed by atoms with Crippen LogP contribution in [0.15, 0.2) is 48.8 Å². The highest BCUT2D eigenvalue weighted by Gasteiger charge is 2.27. The van der Waals surface area contributed by atoms with Gasteiger partial charge in [-0.1, -0.05) is 25.5 Å². The van der Waals surface area contributed by atoms with Crippen molar-refractivity contribution in [2.24, 2.45) is 11.8 Å². The Morgan fingerprint density at radius 3 is 2.59 bits per heavy atom. The Labute approximate surface area is 160 Å². The lowest BCUT2D eigenvalue weighted by Crippen LogP contribution is -2.42. The van der Waals surface area contributed by atoms with E-state index < -0.39 is 0 Å². The quantitative estimate of drug-likeness (QED) is 0.665. The van der Waals surface area contributed by atoms with Gasteiger partial charge in [-0.25, -0.2) is 4.98 Å². The molecular weight excluding hydrogens is 334 g/mol. The van der Waals surface area contributed by atoms with Crippen molar-refractivity contribution in [3.05, 3.63) is 59.9 Å². The normalized spacial score (nSPS) is 20.0. The highest BCUT2D eigenvalue weighted by Crippen LogP contribution is 2.28. The number of rotatable bonds is 2. The smallest absolute Gasteiger partial charge is 0.254 e. The average molecular weight is 359 g/mol. The van der Waals surface area contributed by atoms with Gasteiger partial charge in [-0.15, -0.1) is 0 Å². The number of amides is 1. The minimum atomic E-state index is 0.108. The number of carbonyl (C=O) groups excluding carboxylic acids is 1. The molecule has 0 unspecified atom stereocenters. The van der Waals surface area contributed by atoms with E-state index in [2.05, 4.69) is 24.9 Å². The topological polar surface area (TPSA) is 46.1 Å². The molecule has 4 heteroatoms. The third-order valence-electron chi connectivity index (χ3n) is 5.31. The molecule has 4 rings (SSSR count). The SMILES string of the molecule is Cc1ccc2nc(-c3cccnc3)cc(C(=O)N3C[C@H](C)C[C@@H](C)C3)c2c1. The molecule has 1 aliphatic rings. The lowest BCUT2D eigenvalue weighted by molar-refractivity contribution is 0.0625. The molecule has 3 aromatic rings. The van der Waals surface area contributed by atoms with E-state index in [1.807, 2.05) is 42.2 Å². The zero-order valence-corrected chi connectivity index (χ0v) is 16.1. The molecule has 0 bridgehead atoms. The van der Waals surface area contributed by atoms with Crippen molar-refractivity contribution in [2.75, 3.05) is 13.1 Å². The first kappa shape index (κ1) is 17.7. The fraction of sp³-hybridized carbons (Fsp3) is 0.348. The van der Waals surface area contributed by atoms with Gasteiger partial charge in [-0.3, -0.25) is 9.78 Å². The zero-order valence-electron chi connectivity index (χ0n) is 16.1. The third kappa shape index (κ3) is 3.57. The maximum Gasteiger partial charge on any atom is 0.254 e. The van der Waals surface area contributed by atoms with Crippen molar-refractivity contribution in [1.82, 2.24) is 14.9 Å². The number of fused-ring (bicyclic) bond motifs is 1. The van der Waals surface area contributed by atoms with E-state index in [9.17, 15) is 4.79 Å². The van der Waals surface area contributed by atoms with Crippen molar-refractivity contribution in [3.8, 4) is 11.3 Å². The Morgan fingerprint density at radius 1 is 1.11 bits per heavy atom. The number of pyridine rings is 2. The van der Waals surface area contributed by atoms with Gasteiger partial charge in [-0.2, -0.15) is 0 Å². The minimum Gasteiger partial charge on any atom is -0.338 e.